The van der Waals surface area contributed by atoms with Crippen LogP contribution < -0.4 is 10.5 Å². The Kier molecular flexibility index (Phi) is 3.55. The highest BCUT2D eigenvalue weighted by Crippen LogP contribution is 2.27. The van der Waals surface area contributed by atoms with Gasteiger partial charge >= 0.3 is 0 Å². The molecule has 0 aliphatic carbocycles. The monoisotopic (exact) mass is 294 g/mol. The number of ether oxygens (including phenoxy) is 1. The summed E-state index contributed by atoms with van der Waals surface area (Å²) in [5, 5.41) is 8.40. The summed E-state index contributed by atoms with van der Waals surface area (Å²) >= 11 is 0. The molecular formula is C17H18N4O. The zero-order chi connectivity index (χ0) is 15.7. The molecule has 0 saturated heterocycles. The molecule has 1 heterocycles. The molecule has 22 heavy (non-hydrogen) atoms. The highest BCUT2D eigenvalue weighted by molar-refractivity contribution is 5.71. The lowest BCUT2D eigenvalue weighted by atomic mass is 10.0. The predicted molar refractivity (Wildman–Crippen MR) is 87.2 cm³/mol. The van der Waals surface area contributed by atoms with Crippen LogP contribution in [0.3, 0.4) is 0 Å². The van der Waals surface area contributed by atoms with Crippen LogP contribution in [0.5, 0.6) is 5.75 Å². The lowest BCUT2D eigenvalue weighted by Crippen LogP contribution is -2.02. The number of aromatic nitrogens is 3. The van der Waals surface area contributed by atoms with Crippen molar-refractivity contribution in [2.45, 2.75) is 13.8 Å². The fourth-order valence-corrected chi connectivity index (χ4v) is 2.30. The zero-order valence-electron chi connectivity index (χ0n) is 12.9. The van der Waals surface area contributed by atoms with Crippen LogP contribution in [0.15, 0.2) is 42.5 Å². The van der Waals surface area contributed by atoms with E-state index < -0.39 is 0 Å². The summed E-state index contributed by atoms with van der Waals surface area (Å²) in [7, 11) is 1.64. The van der Waals surface area contributed by atoms with Gasteiger partial charge in [-0.2, -0.15) is 4.68 Å². The molecule has 0 aliphatic rings. The molecule has 0 aliphatic heterocycles. The fourth-order valence-electron chi connectivity index (χ4n) is 2.30. The van der Waals surface area contributed by atoms with Gasteiger partial charge < -0.3 is 10.5 Å². The van der Waals surface area contributed by atoms with Gasteiger partial charge in [0.2, 0.25) is 0 Å². The molecule has 0 spiro atoms. The summed E-state index contributed by atoms with van der Waals surface area (Å²) in [6.45, 7) is 4.15. The summed E-state index contributed by atoms with van der Waals surface area (Å²) in [4.78, 5) is 0. The second-order valence-corrected chi connectivity index (χ2v) is 5.23. The smallest absolute Gasteiger partial charge is 0.155 e. The largest absolute Gasteiger partial charge is 0.497 e. The number of methoxy groups -OCH3 is 1. The van der Waals surface area contributed by atoms with E-state index in [0.717, 1.165) is 17.0 Å². The van der Waals surface area contributed by atoms with Crippen molar-refractivity contribution in [3.63, 3.8) is 0 Å². The molecule has 0 saturated carbocycles. The van der Waals surface area contributed by atoms with Crippen molar-refractivity contribution in [2.24, 2.45) is 0 Å². The second-order valence-electron chi connectivity index (χ2n) is 5.23. The van der Waals surface area contributed by atoms with E-state index in [4.69, 9.17) is 10.5 Å². The molecule has 0 amide bonds. The summed E-state index contributed by atoms with van der Waals surface area (Å²) in [6, 6.07) is 13.7. The number of nitrogens with two attached hydrogens (primary N) is 1. The molecule has 5 nitrogen and oxygen atoms in total. The average molecular weight is 294 g/mol. The Morgan fingerprint density at radius 3 is 2.36 bits per heavy atom. The molecular weight excluding hydrogens is 276 g/mol. The number of aryl methyl sites for hydroxylation is 2. The van der Waals surface area contributed by atoms with Crippen LogP contribution in [-0.2, 0) is 0 Å². The fraction of sp³-hybridized carbons (Fsp3) is 0.176. The van der Waals surface area contributed by atoms with Crippen LogP contribution in [0.25, 0.3) is 16.9 Å². The van der Waals surface area contributed by atoms with Crippen LogP contribution in [0, 0.1) is 13.8 Å². The molecule has 0 fully saturated rings. The van der Waals surface area contributed by atoms with Gasteiger partial charge in [-0.1, -0.05) is 17.3 Å². The normalized spacial score (nSPS) is 10.7. The molecule has 1 aromatic heterocycles. The van der Waals surface area contributed by atoms with Crippen molar-refractivity contribution in [1.29, 1.82) is 0 Å². The van der Waals surface area contributed by atoms with Gasteiger partial charge in [0.1, 0.15) is 11.4 Å². The van der Waals surface area contributed by atoms with Crippen molar-refractivity contribution >= 4 is 5.82 Å². The molecule has 0 unspecified atom stereocenters. The van der Waals surface area contributed by atoms with Gasteiger partial charge in [-0.15, -0.1) is 5.10 Å². The van der Waals surface area contributed by atoms with Gasteiger partial charge in [-0.25, -0.2) is 0 Å². The lowest BCUT2D eigenvalue weighted by Gasteiger charge is -2.06. The third kappa shape index (κ3) is 2.41. The number of benzene rings is 2. The van der Waals surface area contributed by atoms with Gasteiger partial charge in [0, 0.05) is 5.56 Å². The Morgan fingerprint density at radius 2 is 1.73 bits per heavy atom. The topological polar surface area (TPSA) is 66.0 Å². The Hall–Kier alpha value is -2.82. The third-order valence-electron chi connectivity index (χ3n) is 3.80. The Labute approximate surface area is 129 Å². The molecule has 112 valence electrons. The van der Waals surface area contributed by atoms with E-state index in [1.807, 2.05) is 30.3 Å². The maximum absolute atomic E-state index is 6.23. The van der Waals surface area contributed by atoms with E-state index >= 15 is 0 Å². The van der Waals surface area contributed by atoms with Gasteiger partial charge in [0.15, 0.2) is 5.82 Å². The second kappa shape index (κ2) is 5.52. The number of hydrogen-bond donors (Lipinski definition) is 1. The van der Waals surface area contributed by atoms with E-state index in [2.05, 4.69) is 36.3 Å². The minimum atomic E-state index is 0.522. The van der Waals surface area contributed by atoms with Crippen LogP contribution >= 0.6 is 0 Å². The summed E-state index contributed by atoms with van der Waals surface area (Å²) in [6.07, 6.45) is 0. The number of hydrogen-bond acceptors (Lipinski definition) is 4. The molecule has 2 N–H and O–H groups in total. The van der Waals surface area contributed by atoms with E-state index in [0.29, 0.717) is 11.5 Å². The first-order valence-electron chi connectivity index (χ1n) is 7.03. The van der Waals surface area contributed by atoms with Gasteiger partial charge in [0.25, 0.3) is 0 Å². The molecule has 2 aromatic carbocycles. The van der Waals surface area contributed by atoms with Crippen LogP contribution in [0.2, 0.25) is 0 Å². The Morgan fingerprint density at radius 1 is 1.00 bits per heavy atom. The van der Waals surface area contributed by atoms with Crippen molar-refractivity contribution < 1.29 is 4.74 Å². The average Bonchev–Trinajstić information content (AvgIpc) is 2.92. The SMILES string of the molecule is COc1ccc(-n2nnc(-c3ccc(C)c(C)c3)c2N)cc1. The van der Waals surface area contributed by atoms with Crippen LogP contribution in [0.4, 0.5) is 5.82 Å². The quantitative estimate of drug-likeness (QED) is 0.806. The minimum Gasteiger partial charge on any atom is -0.497 e. The van der Waals surface area contributed by atoms with Crippen molar-refractivity contribution in [3.8, 4) is 22.7 Å². The molecule has 5 heteroatoms. The number of nitrogens with zero attached hydrogens (tertiary/aromatic N) is 3. The molecule has 0 radical (unpaired) electrons. The van der Waals surface area contributed by atoms with Gasteiger partial charge in [-0.3, -0.25) is 0 Å². The summed E-state index contributed by atoms with van der Waals surface area (Å²) in [5.74, 6) is 1.31. The predicted octanol–water partition coefficient (Wildman–Crippen LogP) is 3.14. The van der Waals surface area contributed by atoms with Crippen molar-refractivity contribution in [1.82, 2.24) is 15.0 Å². The number of nitrogen functional groups attached to an aromatic ring is 1. The highest BCUT2D eigenvalue weighted by atomic mass is 16.5. The van der Waals surface area contributed by atoms with Crippen molar-refractivity contribution in [3.05, 3.63) is 53.6 Å². The number of anilines is 1. The van der Waals surface area contributed by atoms with E-state index in [1.165, 1.54) is 11.1 Å². The maximum Gasteiger partial charge on any atom is 0.155 e. The first kappa shape index (κ1) is 14.1. The van der Waals surface area contributed by atoms with Crippen molar-refractivity contribution in [2.75, 3.05) is 12.8 Å². The van der Waals surface area contributed by atoms with Crippen LogP contribution in [0.1, 0.15) is 11.1 Å². The Balaban J connectivity index is 2.02. The zero-order valence-corrected chi connectivity index (χ0v) is 12.9. The van der Waals surface area contributed by atoms with Gasteiger partial charge in [-0.05, 0) is 55.3 Å². The van der Waals surface area contributed by atoms with Crippen LogP contribution in [-0.4, -0.2) is 22.1 Å². The highest BCUT2D eigenvalue weighted by Gasteiger charge is 2.13. The van der Waals surface area contributed by atoms with E-state index in [-0.39, 0.29) is 0 Å². The maximum atomic E-state index is 6.23. The first-order valence-corrected chi connectivity index (χ1v) is 7.03. The third-order valence-corrected chi connectivity index (χ3v) is 3.80. The molecule has 0 atom stereocenters. The standard InChI is InChI=1S/C17H18N4O/c1-11-4-5-13(10-12(11)2)16-17(18)21(20-19-16)14-6-8-15(22-3)9-7-14/h4-10H,18H2,1-3H3. The summed E-state index contributed by atoms with van der Waals surface area (Å²) in [5.41, 5.74) is 11.2. The summed E-state index contributed by atoms with van der Waals surface area (Å²) < 4.78 is 6.79. The number of rotatable bonds is 3. The Bertz CT molecular complexity index is 806. The van der Waals surface area contributed by atoms with E-state index in [9.17, 15) is 0 Å². The molecule has 3 rings (SSSR count). The first-order chi connectivity index (χ1) is 10.6. The molecule has 0 bridgehead atoms. The minimum absolute atomic E-state index is 0.522. The van der Waals surface area contributed by atoms with Gasteiger partial charge in [0.05, 0.1) is 12.8 Å². The molecule has 3 aromatic rings. The van der Waals surface area contributed by atoms with E-state index in [1.54, 1.807) is 11.8 Å². The lowest BCUT2D eigenvalue weighted by molar-refractivity contribution is 0.414.